The van der Waals surface area contributed by atoms with Crippen molar-refractivity contribution < 1.29 is 14.2 Å². The van der Waals surface area contributed by atoms with E-state index in [9.17, 15) is 9.50 Å². The highest BCUT2D eigenvalue weighted by Gasteiger charge is 2.42. The number of fused-ring (bicyclic) bond motifs is 2. The van der Waals surface area contributed by atoms with Crippen LogP contribution in [0, 0.1) is 5.82 Å². The third-order valence-electron chi connectivity index (χ3n) is 4.22. The van der Waals surface area contributed by atoms with Crippen LogP contribution in [0.3, 0.4) is 0 Å². The Morgan fingerprint density at radius 1 is 1.24 bits per heavy atom. The highest BCUT2D eigenvalue weighted by molar-refractivity contribution is 5.50. The molecule has 21 heavy (non-hydrogen) atoms. The fourth-order valence-electron chi connectivity index (χ4n) is 2.92. The third kappa shape index (κ3) is 2.11. The van der Waals surface area contributed by atoms with Gasteiger partial charge in [-0.1, -0.05) is 24.3 Å². The van der Waals surface area contributed by atoms with E-state index in [0.717, 1.165) is 11.1 Å². The second-order valence-electron chi connectivity index (χ2n) is 5.36. The van der Waals surface area contributed by atoms with Gasteiger partial charge in [-0.05, 0) is 43.3 Å². The van der Waals surface area contributed by atoms with Gasteiger partial charge in [0.1, 0.15) is 23.8 Å². The van der Waals surface area contributed by atoms with Crippen molar-refractivity contribution in [2.45, 2.75) is 25.2 Å². The van der Waals surface area contributed by atoms with E-state index in [4.69, 9.17) is 4.74 Å². The molecule has 0 saturated heterocycles. The van der Waals surface area contributed by atoms with Gasteiger partial charge in [0.15, 0.2) is 0 Å². The maximum Gasteiger partial charge on any atom is 0.134 e. The maximum absolute atomic E-state index is 13.7. The summed E-state index contributed by atoms with van der Waals surface area (Å²) in [6, 6.07) is 11.5. The van der Waals surface area contributed by atoms with Crippen LogP contribution in [0.2, 0.25) is 0 Å². The van der Waals surface area contributed by atoms with Crippen molar-refractivity contribution in [2.75, 3.05) is 7.05 Å². The molecule has 0 aliphatic carbocycles. The number of rotatable bonds is 2. The first-order valence-electron chi connectivity index (χ1n) is 6.98. The summed E-state index contributed by atoms with van der Waals surface area (Å²) >= 11 is 0. The summed E-state index contributed by atoms with van der Waals surface area (Å²) in [7, 11) is 1.77. The van der Waals surface area contributed by atoms with Gasteiger partial charge in [-0.2, -0.15) is 0 Å². The minimum Gasteiger partial charge on any atom is -0.488 e. The molecule has 1 aliphatic heterocycles. The Hall–Kier alpha value is -1.91. The Bertz CT molecular complexity index is 674. The highest BCUT2D eigenvalue weighted by atomic mass is 19.1. The molecule has 1 heterocycles. The zero-order chi connectivity index (χ0) is 15.0. The van der Waals surface area contributed by atoms with E-state index in [2.05, 4.69) is 5.32 Å². The quantitative estimate of drug-likeness (QED) is 0.892. The zero-order valence-electron chi connectivity index (χ0n) is 12.1. The van der Waals surface area contributed by atoms with Crippen molar-refractivity contribution in [1.82, 2.24) is 5.32 Å². The van der Waals surface area contributed by atoms with Gasteiger partial charge in [-0.25, -0.2) is 4.39 Å². The summed E-state index contributed by atoms with van der Waals surface area (Å²) in [6.45, 7) is 2.23. The van der Waals surface area contributed by atoms with Gasteiger partial charge in [0, 0.05) is 11.6 Å². The number of halogens is 1. The molecule has 0 bridgehead atoms. The lowest BCUT2D eigenvalue weighted by atomic mass is 9.79. The van der Waals surface area contributed by atoms with Crippen molar-refractivity contribution in [3.8, 4) is 5.75 Å². The number of benzene rings is 2. The van der Waals surface area contributed by atoms with E-state index in [0.29, 0.717) is 17.9 Å². The fraction of sp³-hybridized carbons (Fsp3) is 0.294. The minimum absolute atomic E-state index is 0.305. The molecule has 3 nitrogen and oxygen atoms in total. The second kappa shape index (κ2) is 5.13. The molecule has 2 N–H and O–H groups in total. The Morgan fingerprint density at radius 2 is 2.00 bits per heavy atom. The normalized spacial score (nSPS) is 21.7. The summed E-state index contributed by atoms with van der Waals surface area (Å²) in [5, 5.41) is 14.5. The minimum atomic E-state index is -1.35. The molecule has 0 radical (unpaired) electrons. The Kier molecular flexibility index (Phi) is 3.43. The molecule has 4 heteroatoms. The Labute approximate surface area is 123 Å². The highest BCUT2D eigenvalue weighted by Crippen LogP contribution is 2.42. The summed E-state index contributed by atoms with van der Waals surface area (Å²) in [4.78, 5) is 0. The van der Waals surface area contributed by atoms with Crippen LogP contribution in [0.5, 0.6) is 5.75 Å². The van der Waals surface area contributed by atoms with E-state index in [1.165, 1.54) is 12.1 Å². The maximum atomic E-state index is 13.7. The van der Waals surface area contributed by atoms with E-state index in [1.807, 2.05) is 31.2 Å². The molecule has 3 rings (SSSR count). The predicted molar refractivity (Wildman–Crippen MR) is 78.7 cm³/mol. The van der Waals surface area contributed by atoms with Gasteiger partial charge in [0.2, 0.25) is 0 Å². The molecular weight excluding hydrogens is 269 g/mol. The van der Waals surface area contributed by atoms with Crippen LogP contribution in [-0.4, -0.2) is 18.2 Å². The second-order valence-corrected chi connectivity index (χ2v) is 5.36. The van der Waals surface area contributed by atoms with Gasteiger partial charge in [-0.3, -0.25) is 0 Å². The summed E-state index contributed by atoms with van der Waals surface area (Å²) in [5.41, 5.74) is 0.753. The van der Waals surface area contributed by atoms with Crippen LogP contribution in [0.1, 0.15) is 23.6 Å². The first-order chi connectivity index (χ1) is 10.1. The van der Waals surface area contributed by atoms with Crippen LogP contribution >= 0.6 is 0 Å². The smallest absolute Gasteiger partial charge is 0.134 e. The van der Waals surface area contributed by atoms with Crippen molar-refractivity contribution in [3.05, 3.63) is 65.0 Å². The van der Waals surface area contributed by atoms with Crippen LogP contribution in [0.25, 0.3) is 0 Å². The predicted octanol–water partition coefficient (Wildman–Crippen LogP) is 2.56. The van der Waals surface area contributed by atoms with Crippen LogP contribution < -0.4 is 10.1 Å². The number of nitrogens with one attached hydrogen (secondary N) is 1. The molecule has 0 spiro atoms. The van der Waals surface area contributed by atoms with Gasteiger partial charge in [0.05, 0.1) is 0 Å². The number of likely N-dealkylation sites (N-methyl/N-ethyl adjacent to an activating group) is 1. The lowest BCUT2D eigenvalue weighted by Gasteiger charge is -2.35. The molecule has 0 saturated carbocycles. The Morgan fingerprint density at radius 3 is 2.76 bits per heavy atom. The van der Waals surface area contributed by atoms with Gasteiger partial charge >= 0.3 is 0 Å². The lowest BCUT2D eigenvalue weighted by molar-refractivity contribution is 0.0457. The molecule has 0 amide bonds. The van der Waals surface area contributed by atoms with Gasteiger partial charge in [0.25, 0.3) is 0 Å². The number of aliphatic hydroxyl groups is 1. The molecule has 2 atom stereocenters. The average Bonchev–Trinajstić information content (AvgIpc) is 2.63. The summed E-state index contributed by atoms with van der Waals surface area (Å²) in [5.74, 6) is 0.121. The fourth-order valence-corrected chi connectivity index (χ4v) is 2.92. The van der Waals surface area contributed by atoms with Crippen molar-refractivity contribution in [1.29, 1.82) is 0 Å². The largest absolute Gasteiger partial charge is 0.488 e. The SMILES string of the molecule is CNC(C)C1(O)c2ccccc2COc2ccc(F)cc21. The van der Waals surface area contributed by atoms with Crippen molar-refractivity contribution in [3.63, 3.8) is 0 Å². The molecule has 110 valence electrons. The molecule has 2 unspecified atom stereocenters. The number of hydrogen-bond donors (Lipinski definition) is 2. The van der Waals surface area contributed by atoms with E-state index in [1.54, 1.807) is 13.1 Å². The van der Waals surface area contributed by atoms with Crippen molar-refractivity contribution >= 4 is 0 Å². The molecule has 0 fully saturated rings. The molecule has 2 aromatic rings. The van der Waals surface area contributed by atoms with E-state index < -0.39 is 11.4 Å². The first kappa shape index (κ1) is 14.0. The Balaban J connectivity index is 2.32. The average molecular weight is 287 g/mol. The van der Waals surface area contributed by atoms with Gasteiger partial charge in [-0.15, -0.1) is 0 Å². The van der Waals surface area contributed by atoms with Crippen LogP contribution in [0.15, 0.2) is 42.5 Å². The van der Waals surface area contributed by atoms with Gasteiger partial charge < -0.3 is 15.2 Å². The van der Waals surface area contributed by atoms with Crippen molar-refractivity contribution in [2.24, 2.45) is 0 Å². The first-order valence-corrected chi connectivity index (χ1v) is 6.98. The topological polar surface area (TPSA) is 41.5 Å². The lowest BCUT2D eigenvalue weighted by Crippen LogP contribution is -2.46. The van der Waals surface area contributed by atoms with E-state index in [-0.39, 0.29) is 6.04 Å². The molecule has 2 aromatic carbocycles. The molecule has 0 aromatic heterocycles. The zero-order valence-corrected chi connectivity index (χ0v) is 12.1. The molecule has 1 aliphatic rings. The summed E-state index contributed by atoms with van der Waals surface area (Å²) < 4.78 is 19.5. The number of hydrogen-bond acceptors (Lipinski definition) is 3. The molecular formula is C17H18FNO2. The third-order valence-corrected chi connectivity index (χ3v) is 4.22. The van der Waals surface area contributed by atoms with Crippen LogP contribution in [0.4, 0.5) is 4.39 Å². The van der Waals surface area contributed by atoms with E-state index >= 15 is 0 Å². The number of ether oxygens (including phenoxy) is 1. The van der Waals surface area contributed by atoms with Crippen LogP contribution in [-0.2, 0) is 12.2 Å². The summed E-state index contributed by atoms with van der Waals surface area (Å²) in [6.07, 6.45) is 0. The standard InChI is InChI=1S/C17H18FNO2/c1-11(19-2)17(20)14-6-4-3-5-12(14)10-21-16-8-7-13(18)9-15(16)17/h3-9,11,19-20H,10H2,1-2H3. The monoisotopic (exact) mass is 287 g/mol.